The monoisotopic (exact) mass is 372 g/mol. The highest BCUT2D eigenvalue weighted by molar-refractivity contribution is 6.36. The molecule has 0 radical (unpaired) electrons. The maximum Gasteiger partial charge on any atom is 0.256 e. The molecule has 0 saturated heterocycles. The first-order valence-electron chi connectivity index (χ1n) is 8.40. The van der Waals surface area contributed by atoms with E-state index in [0.717, 1.165) is 39.0 Å². The van der Waals surface area contributed by atoms with Crippen molar-refractivity contribution < 1.29 is 4.79 Å². The molecule has 2 N–H and O–H groups in total. The lowest BCUT2D eigenvalue weighted by Gasteiger charge is -2.01. The maximum atomic E-state index is 12.4. The standard InChI is InChI=1S/C21H13ClN4O/c22-14-4-6-18-16(10-14)17(21(27)24-18)8-12-3-5-15-19(9-12)25-26-20(15)13-2-1-7-23-11-13/h1-11H,(H,24,27)(H,25,26). The lowest BCUT2D eigenvalue weighted by Crippen LogP contribution is -2.03. The van der Waals surface area contributed by atoms with Gasteiger partial charge in [-0.1, -0.05) is 17.7 Å². The van der Waals surface area contributed by atoms with E-state index in [0.29, 0.717) is 10.6 Å². The number of aromatic amines is 1. The number of benzene rings is 2. The number of hydrogen-bond acceptors (Lipinski definition) is 3. The molecule has 2 aromatic heterocycles. The average Bonchev–Trinajstić information content (AvgIpc) is 3.24. The van der Waals surface area contributed by atoms with E-state index in [2.05, 4.69) is 20.5 Å². The summed E-state index contributed by atoms with van der Waals surface area (Å²) >= 11 is 6.09. The van der Waals surface area contributed by atoms with Crippen molar-refractivity contribution in [3.8, 4) is 11.3 Å². The van der Waals surface area contributed by atoms with Crippen molar-refractivity contribution in [1.82, 2.24) is 15.2 Å². The zero-order valence-corrected chi connectivity index (χ0v) is 14.8. The van der Waals surface area contributed by atoms with E-state index in [1.807, 2.05) is 42.5 Å². The molecule has 3 heterocycles. The zero-order valence-electron chi connectivity index (χ0n) is 14.0. The molecule has 0 spiro atoms. The van der Waals surface area contributed by atoms with Gasteiger partial charge >= 0.3 is 0 Å². The van der Waals surface area contributed by atoms with E-state index in [-0.39, 0.29) is 5.91 Å². The summed E-state index contributed by atoms with van der Waals surface area (Å²) in [6, 6.07) is 15.2. The van der Waals surface area contributed by atoms with Gasteiger partial charge in [0.15, 0.2) is 0 Å². The largest absolute Gasteiger partial charge is 0.321 e. The fourth-order valence-electron chi connectivity index (χ4n) is 3.32. The average molecular weight is 373 g/mol. The molecular formula is C21H13ClN4O. The molecule has 0 aliphatic carbocycles. The van der Waals surface area contributed by atoms with Gasteiger partial charge in [0.05, 0.1) is 5.52 Å². The lowest BCUT2D eigenvalue weighted by molar-refractivity contribution is -0.110. The fraction of sp³-hybridized carbons (Fsp3) is 0. The van der Waals surface area contributed by atoms with Crippen LogP contribution in [0.25, 0.3) is 33.8 Å². The Morgan fingerprint density at radius 1 is 1.07 bits per heavy atom. The summed E-state index contributed by atoms with van der Waals surface area (Å²) in [6.07, 6.45) is 5.38. The number of fused-ring (bicyclic) bond motifs is 2. The van der Waals surface area contributed by atoms with Gasteiger partial charge in [-0.15, -0.1) is 0 Å². The summed E-state index contributed by atoms with van der Waals surface area (Å²) in [6.45, 7) is 0. The molecule has 130 valence electrons. The Kier molecular flexibility index (Phi) is 3.55. The molecule has 0 unspecified atom stereocenters. The van der Waals surface area contributed by atoms with E-state index in [9.17, 15) is 4.79 Å². The minimum absolute atomic E-state index is 0.131. The highest BCUT2D eigenvalue weighted by Gasteiger charge is 2.24. The maximum absolute atomic E-state index is 12.4. The molecule has 4 aromatic rings. The number of carbonyl (C=O) groups is 1. The number of aromatic nitrogens is 3. The molecule has 2 aromatic carbocycles. The van der Waals surface area contributed by atoms with E-state index in [1.165, 1.54) is 0 Å². The Labute approximate surface area is 159 Å². The number of carbonyl (C=O) groups excluding carboxylic acids is 1. The lowest BCUT2D eigenvalue weighted by atomic mass is 10.0. The van der Waals surface area contributed by atoms with Crippen LogP contribution in [0.5, 0.6) is 0 Å². The van der Waals surface area contributed by atoms with Crippen LogP contribution >= 0.6 is 11.6 Å². The minimum atomic E-state index is -0.131. The van der Waals surface area contributed by atoms with Crippen LogP contribution in [0, 0.1) is 0 Å². The Morgan fingerprint density at radius 2 is 2.00 bits per heavy atom. The van der Waals surface area contributed by atoms with Gasteiger partial charge < -0.3 is 5.32 Å². The van der Waals surface area contributed by atoms with E-state index in [4.69, 9.17) is 11.6 Å². The fourth-order valence-corrected chi connectivity index (χ4v) is 3.49. The number of nitrogens with one attached hydrogen (secondary N) is 2. The number of halogens is 1. The molecule has 1 aliphatic rings. The van der Waals surface area contributed by atoms with E-state index >= 15 is 0 Å². The van der Waals surface area contributed by atoms with Crippen molar-refractivity contribution in [1.29, 1.82) is 0 Å². The molecule has 1 aliphatic heterocycles. The van der Waals surface area contributed by atoms with Crippen LogP contribution in [0.1, 0.15) is 11.1 Å². The molecule has 0 saturated carbocycles. The molecule has 5 rings (SSSR count). The van der Waals surface area contributed by atoms with Crippen molar-refractivity contribution in [3.05, 3.63) is 77.1 Å². The molecule has 1 amide bonds. The van der Waals surface area contributed by atoms with E-state index in [1.54, 1.807) is 24.5 Å². The van der Waals surface area contributed by atoms with Gasteiger partial charge in [0, 0.05) is 45.2 Å². The predicted molar refractivity (Wildman–Crippen MR) is 107 cm³/mol. The van der Waals surface area contributed by atoms with Crippen molar-refractivity contribution in [2.45, 2.75) is 0 Å². The summed E-state index contributed by atoms with van der Waals surface area (Å²) in [5, 5.41) is 11.9. The summed E-state index contributed by atoms with van der Waals surface area (Å²) in [5.41, 5.74) is 5.79. The van der Waals surface area contributed by atoms with Crippen LogP contribution in [0.15, 0.2) is 60.9 Å². The molecule has 0 bridgehead atoms. The van der Waals surface area contributed by atoms with Gasteiger partial charge in [-0.2, -0.15) is 5.10 Å². The Morgan fingerprint density at radius 3 is 2.85 bits per heavy atom. The molecule has 5 nitrogen and oxygen atoms in total. The van der Waals surface area contributed by atoms with Gasteiger partial charge in [-0.25, -0.2) is 0 Å². The number of hydrogen-bond donors (Lipinski definition) is 2. The summed E-state index contributed by atoms with van der Waals surface area (Å²) in [7, 11) is 0. The number of anilines is 1. The number of pyridine rings is 1. The van der Waals surface area contributed by atoms with Gasteiger partial charge in [-0.3, -0.25) is 14.9 Å². The van der Waals surface area contributed by atoms with Crippen LogP contribution in [-0.2, 0) is 4.79 Å². The Bertz CT molecular complexity index is 1230. The number of rotatable bonds is 2. The van der Waals surface area contributed by atoms with E-state index < -0.39 is 0 Å². The molecular weight excluding hydrogens is 360 g/mol. The third-order valence-electron chi connectivity index (χ3n) is 4.60. The van der Waals surface area contributed by atoms with Crippen LogP contribution in [0.4, 0.5) is 5.69 Å². The Hall–Kier alpha value is -3.44. The van der Waals surface area contributed by atoms with Crippen molar-refractivity contribution >= 4 is 45.7 Å². The number of amides is 1. The quantitative estimate of drug-likeness (QED) is 0.498. The predicted octanol–water partition coefficient (Wildman–Crippen LogP) is 4.77. The van der Waals surface area contributed by atoms with Crippen LogP contribution < -0.4 is 5.32 Å². The molecule has 6 heteroatoms. The van der Waals surface area contributed by atoms with Crippen molar-refractivity contribution in [2.75, 3.05) is 5.32 Å². The van der Waals surface area contributed by atoms with Crippen LogP contribution in [0.2, 0.25) is 5.02 Å². The summed E-state index contributed by atoms with van der Waals surface area (Å²) < 4.78 is 0. The second kappa shape index (κ2) is 6.07. The summed E-state index contributed by atoms with van der Waals surface area (Å²) in [5.74, 6) is -0.131. The SMILES string of the molecule is O=C1Nc2ccc(Cl)cc2C1=Cc1ccc2c(-c3cccnc3)n[nH]c2c1. The highest BCUT2D eigenvalue weighted by Crippen LogP contribution is 2.35. The molecule has 27 heavy (non-hydrogen) atoms. The van der Waals surface area contributed by atoms with Gasteiger partial charge in [0.1, 0.15) is 5.69 Å². The van der Waals surface area contributed by atoms with Crippen molar-refractivity contribution in [3.63, 3.8) is 0 Å². The number of H-pyrrole nitrogens is 1. The van der Waals surface area contributed by atoms with Gasteiger partial charge in [-0.05, 0) is 54.1 Å². The minimum Gasteiger partial charge on any atom is -0.321 e. The topological polar surface area (TPSA) is 70.7 Å². The zero-order chi connectivity index (χ0) is 18.4. The normalized spacial score (nSPS) is 14.6. The third-order valence-corrected chi connectivity index (χ3v) is 4.83. The second-order valence-corrected chi connectivity index (χ2v) is 6.76. The second-order valence-electron chi connectivity index (χ2n) is 6.32. The summed E-state index contributed by atoms with van der Waals surface area (Å²) in [4.78, 5) is 16.5. The number of nitrogens with zero attached hydrogens (tertiary/aromatic N) is 2. The van der Waals surface area contributed by atoms with Gasteiger partial charge in [0.25, 0.3) is 5.91 Å². The van der Waals surface area contributed by atoms with Crippen LogP contribution in [0.3, 0.4) is 0 Å². The first-order valence-corrected chi connectivity index (χ1v) is 8.78. The Balaban J connectivity index is 1.59. The smallest absolute Gasteiger partial charge is 0.256 e. The van der Waals surface area contributed by atoms with Crippen molar-refractivity contribution in [2.24, 2.45) is 0 Å². The molecule has 0 fully saturated rings. The first kappa shape index (κ1) is 15.8. The van der Waals surface area contributed by atoms with Gasteiger partial charge in [0.2, 0.25) is 0 Å². The molecule has 0 atom stereocenters. The highest BCUT2D eigenvalue weighted by atomic mass is 35.5. The third kappa shape index (κ3) is 2.69. The first-order chi connectivity index (χ1) is 13.2. The van der Waals surface area contributed by atoms with Crippen LogP contribution in [-0.4, -0.2) is 21.1 Å².